The molecular formula is C22H26N2O6S2. The standard InChI is InChI=1S/C22H26N2O6S2/c1-30-20-8-7-19(24-22(25)11-14-31(24,26)27)16-21(20)32(28,29)23-12-9-18(10-13-23)15-17-5-3-2-4-6-17/h2-8,16,18H,9-15H2,1H3. The number of sulfonamides is 2. The number of carbonyl (C=O) groups is 1. The minimum absolute atomic E-state index is 0.0193. The van der Waals surface area contributed by atoms with Gasteiger partial charge in [0, 0.05) is 19.5 Å². The summed E-state index contributed by atoms with van der Waals surface area (Å²) in [5, 5.41) is 0. The lowest BCUT2D eigenvalue weighted by Gasteiger charge is -2.31. The van der Waals surface area contributed by atoms with Gasteiger partial charge in [-0.3, -0.25) is 4.79 Å². The molecule has 0 bridgehead atoms. The molecular weight excluding hydrogens is 452 g/mol. The minimum atomic E-state index is -3.93. The van der Waals surface area contributed by atoms with Crippen LogP contribution in [0.15, 0.2) is 53.4 Å². The van der Waals surface area contributed by atoms with Crippen molar-refractivity contribution in [3.63, 3.8) is 0 Å². The van der Waals surface area contributed by atoms with E-state index >= 15 is 0 Å². The molecule has 2 aromatic carbocycles. The van der Waals surface area contributed by atoms with Gasteiger partial charge in [-0.25, -0.2) is 21.1 Å². The Hall–Kier alpha value is -2.43. The van der Waals surface area contributed by atoms with Crippen molar-refractivity contribution in [3.05, 3.63) is 54.1 Å². The van der Waals surface area contributed by atoms with Crippen LogP contribution in [0.25, 0.3) is 0 Å². The summed E-state index contributed by atoms with van der Waals surface area (Å²) in [7, 11) is -6.37. The molecule has 0 N–H and O–H groups in total. The third-order valence-electron chi connectivity index (χ3n) is 6.02. The Kier molecular flexibility index (Phi) is 6.28. The molecule has 2 fully saturated rings. The van der Waals surface area contributed by atoms with E-state index < -0.39 is 26.0 Å². The van der Waals surface area contributed by atoms with Gasteiger partial charge in [0.05, 0.1) is 18.6 Å². The highest BCUT2D eigenvalue weighted by molar-refractivity contribution is 7.94. The number of amides is 1. The quantitative estimate of drug-likeness (QED) is 0.632. The average molecular weight is 479 g/mol. The zero-order chi connectivity index (χ0) is 22.9. The minimum Gasteiger partial charge on any atom is -0.495 e. The van der Waals surface area contributed by atoms with Crippen LogP contribution < -0.4 is 9.04 Å². The van der Waals surface area contributed by atoms with Gasteiger partial charge in [0.1, 0.15) is 10.6 Å². The number of ether oxygens (including phenoxy) is 1. The normalized spacial score (nSPS) is 19.9. The van der Waals surface area contributed by atoms with Crippen LogP contribution in [-0.4, -0.2) is 53.0 Å². The Labute approximate surface area is 188 Å². The van der Waals surface area contributed by atoms with Gasteiger partial charge in [-0.05, 0) is 48.9 Å². The first-order valence-corrected chi connectivity index (χ1v) is 13.6. The molecule has 172 valence electrons. The van der Waals surface area contributed by atoms with Crippen molar-refractivity contribution in [1.29, 1.82) is 0 Å². The average Bonchev–Trinajstić information content (AvgIpc) is 3.06. The zero-order valence-electron chi connectivity index (χ0n) is 17.8. The summed E-state index contributed by atoms with van der Waals surface area (Å²) in [5.41, 5.74) is 1.26. The molecule has 2 aliphatic rings. The van der Waals surface area contributed by atoms with Gasteiger partial charge < -0.3 is 4.74 Å². The van der Waals surface area contributed by atoms with Gasteiger partial charge in [-0.15, -0.1) is 0 Å². The number of benzene rings is 2. The van der Waals surface area contributed by atoms with Crippen LogP contribution in [0.5, 0.6) is 5.75 Å². The lowest BCUT2D eigenvalue weighted by molar-refractivity contribution is -0.116. The number of rotatable bonds is 6. The molecule has 10 heteroatoms. The molecule has 0 aromatic heterocycles. The second-order valence-electron chi connectivity index (χ2n) is 8.10. The molecule has 0 unspecified atom stereocenters. The Balaban J connectivity index is 1.56. The van der Waals surface area contributed by atoms with Crippen molar-refractivity contribution in [2.45, 2.75) is 30.6 Å². The van der Waals surface area contributed by atoms with Crippen LogP contribution in [0.2, 0.25) is 0 Å². The Morgan fingerprint density at radius 2 is 1.75 bits per heavy atom. The fraction of sp³-hybridized carbons (Fsp3) is 0.409. The van der Waals surface area contributed by atoms with Crippen molar-refractivity contribution in [1.82, 2.24) is 4.31 Å². The first-order chi connectivity index (χ1) is 15.2. The summed E-state index contributed by atoms with van der Waals surface area (Å²) in [5.74, 6) is -0.344. The first kappa shape index (κ1) is 22.8. The maximum Gasteiger partial charge on any atom is 0.246 e. The zero-order valence-corrected chi connectivity index (χ0v) is 19.4. The van der Waals surface area contributed by atoms with E-state index in [1.165, 1.54) is 35.2 Å². The molecule has 1 amide bonds. The monoisotopic (exact) mass is 478 g/mol. The van der Waals surface area contributed by atoms with Gasteiger partial charge in [-0.1, -0.05) is 30.3 Å². The van der Waals surface area contributed by atoms with Gasteiger partial charge in [0.25, 0.3) is 0 Å². The summed E-state index contributed by atoms with van der Waals surface area (Å²) in [4.78, 5) is 12.0. The summed E-state index contributed by atoms with van der Waals surface area (Å²) >= 11 is 0. The summed E-state index contributed by atoms with van der Waals surface area (Å²) in [6.45, 7) is 0.738. The number of carbonyl (C=O) groups excluding carboxylic acids is 1. The van der Waals surface area contributed by atoms with Gasteiger partial charge in [0.2, 0.25) is 26.0 Å². The van der Waals surface area contributed by atoms with E-state index in [0.29, 0.717) is 23.3 Å². The van der Waals surface area contributed by atoms with E-state index in [1.807, 2.05) is 18.2 Å². The molecule has 0 radical (unpaired) electrons. The fourth-order valence-electron chi connectivity index (χ4n) is 4.30. The third kappa shape index (κ3) is 4.39. The summed E-state index contributed by atoms with van der Waals surface area (Å²) in [6, 6.07) is 14.1. The van der Waals surface area contributed by atoms with Crippen molar-refractivity contribution >= 4 is 31.6 Å². The third-order valence-corrected chi connectivity index (χ3v) is 9.63. The molecule has 8 nitrogen and oxygen atoms in total. The maximum atomic E-state index is 13.4. The first-order valence-electron chi connectivity index (χ1n) is 10.5. The van der Waals surface area contributed by atoms with E-state index in [0.717, 1.165) is 19.3 Å². The van der Waals surface area contributed by atoms with Gasteiger partial charge in [-0.2, -0.15) is 4.31 Å². The predicted molar refractivity (Wildman–Crippen MR) is 121 cm³/mol. The van der Waals surface area contributed by atoms with Crippen LogP contribution in [0.1, 0.15) is 24.8 Å². The second-order valence-corrected chi connectivity index (χ2v) is 11.9. The summed E-state index contributed by atoms with van der Waals surface area (Å²) in [6.07, 6.45) is 2.25. The molecule has 32 heavy (non-hydrogen) atoms. The number of methoxy groups -OCH3 is 1. The van der Waals surface area contributed by atoms with E-state index in [1.54, 1.807) is 0 Å². The topological polar surface area (TPSA) is 101 Å². The van der Waals surface area contributed by atoms with Crippen LogP contribution in [0, 0.1) is 5.92 Å². The van der Waals surface area contributed by atoms with E-state index in [2.05, 4.69) is 12.1 Å². The molecule has 0 atom stereocenters. The smallest absolute Gasteiger partial charge is 0.246 e. The van der Waals surface area contributed by atoms with E-state index in [9.17, 15) is 21.6 Å². The highest BCUT2D eigenvalue weighted by Gasteiger charge is 2.38. The molecule has 2 aromatic rings. The second kappa shape index (κ2) is 8.84. The molecule has 0 saturated carbocycles. The van der Waals surface area contributed by atoms with E-state index in [4.69, 9.17) is 4.74 Å². The van der Waals surface area contributed by atoms with Crippen molar-refractivity contribution in [2.75, 3.05) is 30.3 Å². The lowest BCUT2D eigenvalue weighted by Crippen LogP contribution is -2.39. The molecule has 2 aliphatic heterocycles. The van der Waals surface area contributed by atoms with Gasteiger partial charge >= 0.3 is 0 Å². The number of hydrogen-bond acceptors (Lipinski definition) is 6. The SMILES string of the molecule is COc1ccc(N2C(=O)CCS2(=O)=O)cc1S(=O)(=O)N1CCC(Cc2ccccc2)CC1. The number of hydrogen-bond donors (Lipinski definition) is 0. The Bertz CT molecular complexity index is 1200. The van der Waals surface area contributed by atoms with Crippen molar-refractivity contribution < 1.29 is 26.4 Å². The maximum absolute atomic E-state index is 13.4. The number of anilines is 1. The molecule has 4 rings (SSSR count). The van der Waals surface area contributed by atoms with Crippen LogP contribution in [0.3, 0.4) is 0 Å². The van der Waals surface area contributed by atoms with Gasteiger partial charge in [0.15, 0.2) is 0 Å². The fourth-order valence-corrected chi connectivity index (χ4v) is 7.40. The Morgan fingerprint density at radius 1 is 1.06 bits per heavy atom. The number of nitrogens with zero attached hydrogens (tertiary/aromatic N) is 2. The van der Waals surface area contributed by atoms with Crippen LogP contribution in [-0.2, 0) is 31.3 Å². The predicted octanol–water partition coefficient (Wildman–Crippen LogP) is 2.41. The highest BCUT2D eigenvalue weighted by Crippen LogP contribution is 2.35. The van der Waals surface area contributed by atoms with E-state index in [-0.39, 0.29) is 28.5 Å². The van der Waals surface area contributed by atoms with Crippen molar-refractivity contribution in [3.8, 4) is 5.75 Å². The Morgan fingerprint density at radius 3 is 2.34 bits per heavy atom. The molecule has 2 saturated heterocycles. The van der Waals surface area contributed by atoms with Crippen LogP contribution in [0.4, 0.5) is 5.69 Å². The largest absolute Gasteiger partial charge is 0.495 e. The molecule has 2 heterocycles. The number of piperidine rings is 1. The highest BCUT2D eigenvalue weighted by atomic mass is 32.2. The van der Waals surface area contributed by atoms with Crippen LogP contribution >= 0.6 is 0 Å². The summed E-state index contributed by atoms with van der Waals surface area (Å²) < 4.78 is 58.8. The molecule has 0 spiro atoms. The van der Waals surface area contributed by atoms with Crippen molar-refractivity contribution in [2.24, 2.45) is 5.92 Å². The lowest BCUT2D eigenvalue weighted by atomic mass is 9.91. The molecule has 0 aliphatic carbocycles.